The Hall–Kier alpha value is -1.30. The van der Waals surface area contributed by atoms with E-state index in [9.17, 15) is 4.79 Å². The summed E-state index contributed by atoms with van der Waals surface area (Å²) in [6, 6.07) is 9.08. The van der Waals surface area contributed by atoms with Crippen LogP contribution in [0, 0.1) is 3.57 Å². The molecule has 2 aromatic rings. The zero-order valence-corrected chi connectivity index (χ0v) is 10.7. The van der Waals surface area contributed by atoms with Crippen LogP contribution in [0.5, 0.6) is 0 Å². The average molecular weight is 328 g/mol. The molecule has 1 heterocycles. The Balaban J connectivity index is 2.62. The number of benzene rings is 1. The zero-order valence-electron chi connectivity index (χ0n) is 8.57. The van der Waals surface area contributed by atoms with Crippen LogP contribution in [0.4, 0.5) is 0 Å². The molecule has 2 rings (SSSR count). The number of methoxy groups -OCH3 is 1. The Bertz CT molecular complexity index is 503. The highest BCUT2D eigenvalue weighted by molar-refractivity contribution is 14.1. The van der Waals surface area contributed by atoms with Gasteiger partial charge in [0.25, 0.3) is 0 Å². The highest BCUT2D eigenvalue weighted by Crippen LogP contribution is 2.29. The van der Waals surface area contributed by atoms with Crippen LogP contribution >= 0.6 is 22.6 Å². The van der Waals surface area contributed by atoms with E-state index in [4.69, 9.17) is 9.15 Å². The lowest BCUT2D eigenvalue weighted by molar-refractivity contribution is 0.0601. The Morgan fingerprint density at radius 2 is 2.12 bits per heavy atom. The van der Waals surface area contributed by atoms with E-state index >= 15 is 0 Å². The Morgan fingerprint density at radius 1 is 1.31 bits per heavy atom. The predicted octanol–water partition coefficient (Wildman–Crippen LogP) is 3.34. The summed E-state index contributed by atoms with van der Waals surface area (Å²) < 4.78 is 11.0. The van der Waals surface area contributed by atoms with Crippen LogP contribution in [0.2, 0.25) is 0 Å². The van der Waals surface area contributed by atoms with E-state index in [0.29, 0.717) is 11.3 Å². The van der Waals surface area contributed by atoms with Crippen LogP contribution in [0.15, 0.2) is 41.0 Å². The van der Waals surface area contributed by atoms with Gasteiger partial charge in [-0.2, -0.15) is 0 Å². The van der Waals surface area contributed by atoms with Crippen LogP contribution in [0.25, 0.3) is 11.3 Å². The second-order valence-electron chi connectivity index (χ2n) is 3.13. The maximum absolute atomic E-state index is 11.6. The third kappa shape index (κ3) is 1.97. The number of carbonyl (C=O) groups is 1. The molecule has 0 N–H and O–H groups in total. The predicted molar refractivity (Wildman–Crippen MR) is 68.2 cm³/mol. The fourth-order valence-corrected chi connectivity index (χ4v) is 2.24. The minimum absolute atomic E-state index is 0.357. The van der Waals surface area contributed by atoms with Crippen LogP contribution < -0.4 is 0 Å². The summed E-state index contributed by atoms with van der Waals surface area (Å²) in [6.07, 6.45) is 1.58. The summed E-state index contributed by atoms with van der Waals surface area (Å²) in [7, 11) is 1.37. The van der Waals surface area contributed by atoms with Gasteiger partial charge in [0.1, 0.15) is 5.76 Å². The highest BCUT2D eigenvalue weighted by atomic mass is 127. The van der Waals surface area contributed by atoms with Crippen LogP contribution in [-0.2, 0) is 4.74 Å². The first-order chi connectivity index (χ1) is 7.74. The lowest BCUT2D eigenvalue weighted by Gasteiger charge is -2.07. The van der Waals surface area contributed by atoms with E-state index in [1.165, 1.54) is 7.11 Å². The molecule has 4 heteroatoms. The number of esters is 1. The molecular weight excluding hydrogens is 319 g/mol. The van der Waals surface area contributed by atoms with Gasteiger partial charge in [-0.15, -0.1) is 0 Å². The summed E-state index contributed by atoms with van der Waals surface area (Å²) in [5.41, 5.74) is 1.30. The van der Waals surface area contributed by atoms with E-state index in [1.807, 2.05) is 18.2 Å². The fraction of sp³-hybridized carbons (Fsp3) is 0.0833. The molecule has 82 valence electrons. The summed E-state index contributed by atoms with van der Waals surface area (Å²) in [6.45, 7) is 0. The topological polar surface area (TPSA) is 39.4 Å². The van der Waals surface area contributed by atoms with Crippen molar-refractivity contribution in [3.05, 3.63) is 45.7 Å². The Morgan fingerprint density at radius 3 is 2.75 bits per heavy atom. The minimum atomic E-state index is -0.357. The van der Waals surface area contributed by atoms with E-state index < -0.39 is 0 Å². The molecule has 0 radical (unpaired) electrons. The molecular formula is C12H9IO3. The normalized spacial score (nSPS) is 10.1. The molecule has 3 nitrogen and oxygen atoms in total. The molecule has 0 bridgehead atoms. The van der Waals surface area contributed by atoms with Gasteiger partial charge in [0.15, 0.2) is 0 Å². The van der Waals surface area contributed by atoms with Crippen molar-refractivity contribution in [2.24, 2.45) is 0 Å². The van der Waals surface area contributed by atoms with Crippen molar-refractivity contribution in [3.8, 4) is 11.3 Å². The number of halogens is 1. The van der Waals surface area contributed by atoms with E-state index in [-0.39, 0.29) is 5.97 Å². The number of furan rings is 1. The maximum atomic E-state index is 11.6. The first kappa shape index (κ1) is 11.2. The quantitative estimate of drug-likeness (QED) is 0.627. The molecule has 0 aliphatic heterocycles. The molecule has 0 fully saturated rings. The fourth-order valence-electron chi connectivity index (χ4n) is 1.48. The molecule has 0 spiro atoms. The van der Waals surface area contributed by atoms with Gasteiger partial charge in [-0.05, 0) is 46.9 Å². The van der Waals surface area contributed by atoms with Crippen molar-refractivity contribution >= 4 is 28.6 Å². The molecule has 0 aliphatic carbocycles. The molecule has 0 aliphatic rings. The number of carbonyl (C=O) groups excluding carboxylic acids is 1. The van der Waals surface area contributed by atoms with Gasteiger partial charge in [0.2, 0.25) is 0 Å². The van der Waals surface area contributed by atoms with E-state index in [1.54, 1.807) is 18.4 Å². The number of ether oxygens (including phenoxy) is 1. The van der Waals surface area contributed by atoms with Gasteiger partial charge in [-0.25, -0.2) is 4.79 Å². The molecule has 1 aromatic carbocycles. The Labute approximate surface area is 107 Å². The monoisotopic (exact) mass is 328 g/mol. The second-order valence-corrected chi connectivity index (χ2v) is 4.29. The molecule has 16 heavy (non-hydrogen) atoms. The van der Waals surface area contributed by atoms with Gasteiger partial charge in [0, 0.05) is 9.13 Å². The smallest absolute Gasteiger partial charge is 0.338 e. The van der Waals surface area contributed by atoms with E-state index in [0.717, 1.165) is 9.13 Å². The maximum Gasteiger partial charge on any atom is 0.338 e. The van der Waals surface area contributed by atoms with Crippen molar-refractivity contribution in [1.29, 1.82) is 0 Å². The zero-order chi connectivity index (χ0) is 11.5. The standard InChI is InChI=1S/C12H9IO3/c1-15-12(14)8-4-2-5-9(13)11(8)10-6-3-7-16-10/h2-7H,1H3. The first-order valence-electron chi connectivity index (χ1n) is 4.64. The summed E-state index contributed by atoms with van der Waals surface area (Å²) >= 11 is 2.17. The van der Waals surface area contributed by atoms with Gasteiger partial charge < -0.3 is 9.15 Å². The summed E-state index contributed by atoms with van der Waals surface area (Å²) in [5, 5.41) is 0. The van der Waals surface area contributed by atoms with Gasteiger partial charge in [-0.1, -0.05) is 6.07 Å². The molecule has 1 aromatic heterocycles. The largest absolute Gasteiger partial charge is 0.465 e. The molecule has 0 saturated carbocycles. The lowest BCUT2D eigenvalue weighted by atomic mass is 10.1. The highest BCUT2D eigenvalue weighted by Gasteiger charge is 2.17. The van der Waals surface area contributed by atoms with Crippen molar-refractivity contribution in [1.82, 2.24) is 0 Å². The second kappa shape index (κ2) is 4.69. The van der Waals surface area contributed by atoms with Gasteiger partial charge in [0.05, 0.1) is 18.9 Å². The third-order valence-electron chi connectivity index (χ3n) is 2.19. The van der Waals surface area contributed by atoms with Crippen molar-refractivity contribution < 1.29 is 13.9 Å². The van der Waals surface area contributed by atoms with Gasteiger partial charge in [-0.3, -0.25) is 0 Å². The summed E-state index contributed by atoms with van der Waals surface area (Å²) in [4.78, 5) is 11.6. The van der Waals surface area contributed by atoms with Crippen LogP contribution in [0.3, 0.4) is 0 Å². The SMILES string of the molecule is COC(=O)c1cccc(I)c1-c1ccco1. The first-order valence-corrected chi connectivity index (χ1v) is 5.72. The number of hydrogen-bond donors (Lipinski definition) is 0. The van der Waals surface area contributed by atoms with Gasteiger partial charge >= 0.3 is 5.97 Å². The third-order valence-corrected chi connectivity index (χ3v) is 3.09. The molecule has 0 atom stereocenters. The average Bonchev–Trinajstić information content (AvgIpc) is 2.81. The number of hydrogen-bond acceptors (Lipinski definition) is 3. The van der Waals surface area contributed by atoms with Crippen molar-refractivity contribution in [3.63, 3.8) is 0 Å². The summed E-state index contributed by atoms with van der Waals surface area (Å²) in [5.74, 6) is 0.315. The molecule has 0 amide bonds. The van der Waals surface area contributed by atoms with Crippen molar-refractivity contribution in [2.75, 3.05) is 7.11 Å². The Kier molecular flexibility index (Phi) is 3.28. The molecule has 0 saturated heterocycles. The van der Waals surface area contributed by atoms with Crippen molar-refractivity contribution in [2.45, 2.75) is 0 Å². The lowest BCUT2D eigenvalue weighted by Crippen LogP contribution is -2.04. The minimum Gasteiger partial charge on any atom is -0.465 e. The van der Waals surface area contributed by atoms with E-state index in [2.05, 4.69) is 22.6 Å². The number of rotatable bonds is 2. The molecule has 0 unspecified atom stereocenters. The van der Waals surface area contributed by atoms with Crippen LogP contribution in [0.1, 0.15) is 10.4 Å². The van der Waals surface area contributed by atoms with Crippen LogP contribution in [-0.4, -0.2) is 13.1 Å².